The lowest BCUT2D eigenvalue weighted by Gasteiger charge is -2.30. The fourth-order valence-corrected chi connectivity index (χ4v) is 1.61. The van der Waals surface area contributed by atoms with Gasteiger partial charge >= 0.3 is 0 Å². The van der Waals surface area contributed by atoms with Gasteiger partial charge in [-0.2, -0.15) is 0 Å². The molecule has 0 aromatic heterocycles. The smallest absolute Gasteiger partial charge is 0.0840 e. The average molecular weight is 272 g/mol. The third-order valence-electron chi connectivity index (χ3n) is 1.59. The van der Waals surface area contributed by atoms with Crippen molar-refractivity contribution in [3.63, 3.8) is 0 Å². The molecule has 0 amide bonds. The van der Waals surface area contributed by atoms with Gasteiger partial charge in [0.25, 0.3) is 0 Å². The van der Waals surface area contributed by atoms with Crippen LogP contribution in [-0.2, 0) is 0 Å². The summed E-state index contributed by atoms with van der Waals surface area (Å²) in [6, 6.07) is 0. The lowest BCUT2D eigenvalue weighted by molar-refractivity contribution is 0.236. The molecule has 0 spiro atoms. The summed E-state index contributed by atoms with van der Waals surface area (Å²) in [6.07, 6.45) is 1.83. The Hall–Kier alpha value is 0.360. The summed E-state index contributed by atoms with van der Waals surface area (Å²) >= 11 is 6.99. The van der Waals surface area contributed by atoms with Gasteiger partial charge in [-0.1, -0.05) is 31.9 Å². The number of piperidine rings is 1. The highest BCUT2D eigenvalue weighted by Crippen LogP contribution is 2.36. The minimum Gasteiger partial charge on any atom is -0.261 e. The van der Waals surface area contributed by atoms with Crippen LogP contribution in [0.2, 0.25) is 0 Å². The third-order valence-corrected chi connectivity index (χ3v) is 3.17. The van der Waals surface area contributed by atoms with E-state index in [1.54, 1.807) is 5.01 Å². The zero-order chi connectivity index (χ0) is 7.61. The number of hydrogen-bond acceptors (Lipinski definition) is 2. The van der Waals surface area contributed by atoms with Crippen LogP contribution in [0.5, 0.6) is 0 Å². The molecule has 1 fully saturated rings. The average Bonchev–Trinajstić information content (AvgIpc) is 1.88. The van der Waals surface area contributed by atoms with E-state index in [0.29, 0.717) is 0 Å². The molecule has 10 heavy (non-hydrogen) atoms. The first-order chi connectivity index (χ1) is 4.64. The summed E-state index contributed by atoms with van der Waals surface area (Å²) in [5.74, 6) is 0. The lowest BCUT2D eigenvalue weighted by Crippen LogP contribution is -2.33. The first kappa shape index (κ1) is 8.46. The van der Waals surface area contributed by atoms with Crippen LogP contribution in [0.25, 0.3) is 0 Å². The third kappa shape index (κ3) is 2.20. The summed E-state index contributed by atoms with van der Waals surface area (Å²) in [5, 5.41) is 4.40. The topological polar surface area (TPSA) is 32.7 Å². The van der Waals surface area contributed by atoms with Crippen LogP contribution in [0.4, 0.5) is 0 Å². The molecule has 0 radical (unpaired) electrons. The van der Waals surface area contributed by atoms with Crippen LogP contribution >= 0.6 is 31.9 Å². The second-order valence-corrected chi connectivity index (χ2v) is 6.49. The van der Waals surface area contributed by atoms with E-state index in [2.05, 4.69) is 37.1 Å². The maximum atomic E-state index is 10.0. The molecule has 0 bridgehead atoms. The monoisotopic (exact) mass is 270 g/mol. The number of alkyl halides is 2. The molecule has 3 nitrogen and oxygen atoms in total. The van der Waals surface area contributed by atoms with Gasteiger partial charge < -0.3 is 0 Å². The number of halogens is 2. The second kappa shape index (κ2) is 3.17. The Morgan fingerprint density at radius 1 is 1.30 bits per heavy atom. The van der Waals surface area contributed by atoms with E-state index in [0.717, 1.165) is 25.9 Å². The van der Waals surface area contributed by atoms with Crippen molar-refractivity contribution in [1.29, 1.82) is 0 Å². The van der Waals surface area contributed by atoms with Crippen LogP contribution in [0.1, 0.15) is 12.8 Å². The Labute approximate surface area is 76.4 Å². The van der Waals surface area contributed by atoms with Crippen molar-refractivity contribution in [2.24, 2.45) is 5.29 Å². The molecular formula is C5H8Br2N2O. The van der Waals surface area contributed by atoms with E-state index in [1.165, 1.54) is 0 Å². The molecule has 0 aromatic carbocycles. The van der Waals surface area contributed by atoms with Gasteiger partial charge in [0.15, 0.2) is 0 Å². The molecule has 1 saturated heterocycles. The minimum atomic E-state index is 0.0428. The molecule has 1 aliphatic heterocycles. The Morgan fingerprint density at radius 3 is 2.20 bits per heavy atom. The van der Waals surface area contributed by atoms with Gasteiger partial charge in [0.05, 0.1) is 8.52 Å². The van der Waals surface area contributed by atoms with Crippen LogP contribution in [0.3, 0.4) is 0 Å². The van der Waals surface area contributed by atoms with Gasteiger partial charge in [0.1, 0.15) is 0 Å². The Bertz CT molecular complexity index is 130. The lowest BCUT2D eigenvalue weighted by atomic mass is 10.2. The molecule has 0 atom stereocenters. The van der Waals surface area contributed by atoms with Gasteiger partial charge in [-0.3, -0.25) is 5.01 Å². The zero-order valence-electron chi connectivity index (χ0n) is 5.39. The molecule has 58 valence electrons. The van der Waals surface area contributed by atoms with Crippen molar-refractivity contribution in [3.8, 4) is 0 Å². The minimum absolute atomic E-state index is 0.0428. The van der Waals surface area contributed by atoms with Gasteiger partial charge in [0, 0.05) is 13.1 Å². The summed E-state index contributed by atoms with van der Waals surface area (Å²) in [4.78, 5) is 10.0. The van der Waals surface area contributed by atoms with E-state index in [4.69, 9.17) is 0 Å². The van der Waals surface area contributed by atoms with E-state index < -0.39 is 0 Å². The van der Waals surface area contributed by atoms with Crippen molar-refractivity contribution in [2.75, 3.05) is 13.1 Å². The van der Waals surface area contributed by atoms with Gasteiger partial charge in [0.2, 0.25) is 0 Å². The Kier molecular flexibility index (Phi) is 2.68. The maximum Gasteiger partial charge on any atom is 0.0840 e. The van der Waals surface area contributed by atoms with E-state index >= 15 is 0 Å². The molecule has 5 heteroatoms. The van der Waals surface area contributed by atoms with E-state index in [1.807, 2.05) is 0 Å². The van der Waals surface area contributed by atoms with E-state index in [9.17, 15) is 4.91 Å². The molecule has 0 N–H and O–H groups in total. The first-order valence-electron chi connectivity index (χ1n) is 3.10. The largest absolute Gasteiger partial charge is 0.261 e. The molecule has 0 aliphatic carbocycles. The zero-order valence-corrected chi connectivity index (χ0v) is 8.56. The van der Waals surface area contributed by atoms with Crippen LogP contribution in [0.15, 0.2) is 5.29 Å². The highest BCUT2D eigenvalue weighted by atomic mass is 79.9. The summed E-state index contributed by atoms with van der Waals surface area (Å²) in [5.41, 5.74) is 0. The highest BCUT2D eigenvalue weighted by Gasteiger charge is 2.28. The van der Waals surface area contributed by atoms with Crippen molar-refractivity contribution < 1.29 is 0 Å². The fraction of sp³-hybridized carbons (Fsp3) is 1.00. The van der Waals surface area contributed by atoms with Crippen molar-refractivity contribution >= 4 is 31.9 Å². The quantitative estimate of drug-likeness (QED) is 0.541. The molecule has 1 rings (SSSR count). The second-order valence-electron chi connectivity index (χ2n) is 2.39. The molecular weight excluding hydrogens is 264 g/mol. The van der Waals surface area contributed by atoms with Crippen LogP contribution < -0.4 is 0 Å². The summed E-state index contributed by atoms with van der Waals surface area (Å²) in [7, 11) is 0. The summed E-state index contributed by atoms with van der Waals surface area (Å²) in [6.45, 7) is 1.47. The standard InChI is InChI=1S/C5H8Br2N2O/c6-5(7)1-3-9(8-10)4-2-5/h1-4H2. The number of nitrogens with zero attached hydrogens (tertiary/aromatic N) is 2. The number of nitroso groups, excluding NO2 is 1. The Balaban J connectivity index is 2.38. The van der Waals surface area contributed by atoms with Gasteiger partial charge in [-0.15, -0.1) is 4.91 Å². The predicted molar refractivity (Wildman–Crippen MR) is 47.2 cm³/mol. The highest BCUT2D eigenvalue weighted by molar-refractivity contribution is 9.25. The van der Waals surface area contributed by atoms with Crippen molar-refractivity contribution in [3.05, 3.63) is 4.91 Å². The SMILES string of the molecule is O=NN1CCC(Br)(Br)CC1. The summed E-state index contributed by atoms with van der Waals surface area (Å²) < 4.78 is 0.0428. The normalized spacial score (nSPS) is 24.4. The van der Waals surface area contributed by atoms with Gasteiger partial charge in [-0.05, 0) is 12.8 Å². The predicted octanol–water partition coefficient (Wildman–Crippen LogP) is 2.25. The maximum absolute atomic E-state index is 10.0. The molecule has 1 heterocycles. The Morgan fingerprint density at radius 2 is 1.80 bits per heavy atom. The first-order valence-corrected chi connectivity index (χ1v) is 4.69. The molecule has 0 saturated carbocycles. The van der Waals surface area contributed by atoms with Crippen molar-refractivity contribution in [1.82, 2.24) is 5.01 Å². The molecule has 0 aromatic rings. The number of hydrogen-bond donors (Lipinski definition) is 0. The van der Waals surface area contributed by atoms with Gasteiger partial charge in [-0.25, -0.2) is 0 Å². The number of rotatable bonds is 1. The van der Waals surface area contributed by atoms with Crippen LogP contribution in [-0.4, -0.2) is 21.3 Å². The fourth-order valence-electron chi connectivity index (χ4n) is 0.904. The molecule has 1 aliphatic rings. The molecule has 0 unspecified atom stereocenters. The van der Waals surface area contributed by atoms with E-state index in [-0.39, 0.29) is 3.23 Å². The van der Waals surface area contributed by atoms with Crippen molar-refractivity contribution in [2.45, 2.75) is 16.1 Å². The van der Waals surface area contributed by atoms with Crippen LogP contribution in [0, 0.1) is 4.91 Å².